The van der Waals surface area contributed by atoms with Crippen LogP contribution in [0.15, 0.2) is 52.9 Å². The molecule has 4 nitrogen and oxygen atoms in total. The van der Waals surface area contributed by atoms with E-state index in [-0.39, 0.29) is 11.9 Å². The number of hydrogen-bond donors (Lipinski definition) is 1. The van der Waals surface area contributed by atoms with Gasteiger partial charge < -0.3 is 14.5 Å². The zero-order chi connectivity index (χ0) is 17.1. The zero-order valence-electron chi connectivity index (χ0n) is 14.1. The molecule has 1 N–H and O–H groups in total. The van der Waals surface area contributed by atoms with Crippen molar-refractivity contribution in [3.63, 3.8) is 0 Å². The molecule has 0 spiro atoms. The van der Waals surface area contributed by atoms with Crippen molar-refractivity contribution >= 4 is 16.9 Å². The summed E-state index contributed by atoms with van der Waals surface area (Å²) >= 11 is 0. The lowest BCUT2D eigenvalue weighted by atomic mass is 10.0. The van der Waals surface area contributed by atoms with Crippen LogP contribution in [-0.4, -0.2) is 13.0 Å². The first-order chi connectivity index (χ1) is 11.6. The van der Waals surface area contributed by atoms with Crippen molar-refractivity contribution in [1.82, 2.24) is 5.32 Å². The van der Waals surface area contributed by atoms with Crippen molar-refractivity contribution in [2.45, 2.75) is 26.3 Å². The summed E-state index contributed by atoms with van der Waals surface area (Å²) in [6.07, 6.45) is 0.789. The Morgan fingerprint density at radius 1 is 1.17 bits per heavy atom. The molecule has 0 unspecified atom stereocenters. The van der Waals surface area contributed by atoms with Gasteiger partial charge in [-0.15, -0.1) is 0 Å². The Bertz CT molecular complexity index is 849. The SMILES string of the molecule is CC[C@H](NC(=O)c1oc2ccccc2c1C)c1ccc(OC)cc1. The summed E-state index contributed by atoms with van der Waals surface area (Å²) in [4.78, 5) is 12.7. The Morgan fingerprint density at radius 2 is 1.88 bits per heavy atom. The average molecular weight is 323 g/mol. The smallest absolute Gasteiger partial charge is 0.287 e. The largest absolute Gasteiger partial charge is 0.497 e. The van der Waals surface area contributed by atoms with Crippen molar-refractivity contribution in [3.8, 4) is 5.75 Å². The van der Waals surface area contributed by atoms with Gasteiger partial charge in [0, 0.05) is 10.9 Å². The lowest BCUT2D eigenvalue weighted by molar-refractivity contribution is 0.0909. The molecule has 0 aliphatic rings. The van der Waals surface area contributed by atoms with Crippen LogP contribution in [0.25, 0.3) is 11.0 Å². The summed E-state index contributed by atoms with van der Waals surface area (Å²) in [6.45, 7) is 3.95. The van der Waals surface area contributed by atoms with Gasteiger partial charge in [0.05, 0.1) is 13.2 Å². The molecule has 3 aromatic rings. The maximum Gasteiger partial charge on any atom is 0.287 e. The van der Waals surface area contributed by atoms with Crippen molar-refractivity contribution in [2.75, 3.05) is 7.11 Å². The second kappa shape index (κ2) is 6.79. The summed E-state index contributed by atoms with van der Waals surface area (Å²) in [7, 11) is 1.64. The molecule has 2 aromatic carbocycles. The first kappa shape index (κ1) is 16.1. The number of aryl methyl sites for hydroxylation is 1. The number of benzene rings is 2. The van der Waals surface area contributed by atoms with Gasteiger partial charge in [0.1, 0.15) is 11.3 Å². The highest BCUT2D eigenvalue weighted by molar-refractivity contribution is 5.99. The van der Waals surface area contributed by atoms with Gasteiger partial charge in [0.15, 0.2) is 5.76 Å². The van der Waals surface area contributed by atoms with E-state index in [1.165, 1.54) is 0 Å². The van der Waals surface area contributed by atoms with E-state index in [1.54, 1.807) is 7.11 Å². The van der Waals surface area contributed by atoms with E-state index in [1.807, 2.05) is 62.4 Å². The molecule has 4 heteroatoms. The Balaban J connectivity index is 1.84. The topological polar surface area (TPSA) is 51.5 Å². The normalized spacial score (nSPS) is 12.1. The van der Waals surface area contributed by atoms with Crippen LogP contribution in [0.2, 0.25) is 0 Å². The van der Waals surface area contributed by atoms with Gasteiger partial charge >= 0.3 is 0 Å². The Hall–Kier alpha value is -2.75. The number of furan rings is 1. The van der Waals surface area contributed by atoms with Crippen molar-refractivity contribution in [1.29, 1.82) is 0 Å². The van der Waals surface area contributed by atoms with Gasteiger partial charge in [0.25, 0.3) is 5.91 Å². The predicted molar refractivity (Wildman–Crippen MR) is 94.4 cm³/mol. The van der Waals surface area contributed by atoms with Crippen LogP contribution < -0.4 is 10.1 Å². The van der Waals surface area contributed by atoms with Crippen molar-refractivity contribution < 1.29 is 13.9 Å². The Labute approximate surface area is 141 Å². The molecule has 124 valence electrons. The first-order valence-electron chi connectivity index (χ1n) is 8.07. The molecule has 0 radical (unpaired) electrons. The fourth-order valence-corrected chi connectivity index (χ4v) is 2.87. The van der Waals surface area contributed by atoms with Gasteiger partial charge in [-0.05, 0) is 37.1 Å². The van der Waals surface area contributed by atoms with E-state index in [9.17, 15) is 4.79 Å². The molecular formula is C20H21NO3. The van der Waals surface area contributed by atoms with Crippen LogP contribution in [0.3, 0.4) is 0 Å². The zero-order valence-corrected chi connectivity index (χ0v) is 14.1. The number of ether oxygens (including phenoxy) is 1. The lowest BCUT2D eigenvalue weighted by Crippen LogP contribution is -2.28. The van der Waals surface area contributed by atoms with Crippen molar-refractivity contribution in [3.05, 3.63) is 65.4 Å². The van der Waals surface area contributed by atoms with Crippen LogP contribution in [0.1, 0.15) is 41.1 Å². The molecule has 0 saturated carbocycles. The monoisotopic (exact) mass is 323 g/mol. The minimum atomic E-state index is -0.189. The molecule has 1 atom stereocenters. The molecule has 0 aliphatic carbocycles. The first-order valence-corrected chi connectivity index (χ1v) is 8.07. The van der Waals surface area contributed by atoms with Gasteiger partial charge in [-0.25, -0.2) is 0 Å². The maximum atomic E-state index is 12.7. The molecular weight excluding hydrogens is 302 g/mol. The van der Waals surface area contributed by atoms with Gasteiger partial charge in [-0.1, -0.05) is 37.3 Å². The highest BCUT2D eigenvalue weighted by Gasteiger charge is 2.20. The number of nitrogens with one attached hydrogen (secondary N) is 1. The number of para-hydroxylation sites is 1. The van der Waals surface area contributed by atoms with Gasteiger partial charge in [-0.3, -0.25) is 4.79 Å². The molecule has 1 amide bonds. The third kappa shape index (κ3) is 3.00. The number of carbonyl (C=O) groups excluding carboxylic acids is 1. The summed E-state index contributed by atoms with van der Waals surface area (Å²) in [6, 6.07) is 15.4. The molecule has 1 aromatic heterocycles. The second-order valence-corrected chi connectivity index (χ2v) is 5.76. The van der Waals surface area contributed by atoms with E-state index in [2.05, 4.69) is 5.32 Å². The highest BCUT2D eigenvalue weighted by Crippen LogP contribution is 2.26. The molecule has 0 bridgehead atoms. The summed E-state index contributed by atoms with van der Waals surface area (Å²) in [5.41, 5.74) is 2.64. The standard InChI is InChI=1S/C20H21NO3/c1-4-17(14-9-11-15(23-3)12-10-14)21-20(22)19-13(2)16-7-5-6-8-18(16)24-19/h5-12,17H,4H2,1-3H3,(H,21,22)/t17-/m0/s1. The molecule has 0 fully saturated rings. The quantitative estimate of drug-likeness (QED) is 0.744. The number of methoxy groups -OCH3 is 1. The fourth-order valence-electron chi connectivity index (χ4n) is 2.87. The van der Waals surface area contributed by atoms with Crippen LogP contribution >= 0.6 is 0 Å². The van der Waals surface area contributed by atoms with E-state index in [0.29, 0.717) is 5.76 Å². The number of fused-ring (bicyclic) bond motifs is 1. The maximum absolute atomic E-state index is 12.7. The molecule has 0 saturated heterocycles. The predicted octanol–water partition coefficient (Wildman–Crippen LogP) is 4.63. The number of carbonyl (C=O) groups is 1. The molecule has 24 heavy (non-hydrogen) atoms. The van der Waals surface area contributed by atoms with Gasteiger partial charge in [-0.2, -0.15) is 0 Å². The number of hydrogen-bond acceptors (Lipinski definition) is 3. The van der Waals surface area contributed by atoms with E-state index in [0.717, 1.165) is 34.3 Å². The number of rotatable bonds is 5. The second-order valence-electron chi connectivity index (χ2n) is 5.76. The minimum Gasteiger partial charge on any atom is -0.497 e. The van der Waals surface area contributed by atoms with Crippen LogP contribution in [0.4, 0.5) is 0 Å². The van der Waals surface area contributed by atoms with Crippen LogP contribution in [-0.2, 0) is 0 Å². The molecule has 1 heterocycles. The summed E-state index contributed by atoms with van der Waals surface area (Å²) in [5.74, 6) is 0.989. The van der Waals surface area contributed by atoms with E-state index >= 15 is 0 Å². The van der Waals surface area contributed by atoms with E-state index in [4.69, 9.17) is 9.15 Å². The third-order valence-corrected chi connectivity index (χ3v) is 4.28. The van der Waals surface area contributed by atoms with Gasteiger partial charge in [0.2, 0.25) is 0 Å². The Kier molecular flexibility index (Phi) is 4.56. The minimum absolute atomic E-state index is 0.0731. The van der Waals surface area contributed by atoms with Crippen LogP contribution in [0.5, 0.6) is 5.75 Å². The van der Waals surface area contributed by atoms with E-state index < -0.39 is 0 Å². The summed E-state index contributed by atoms with van der Waals surface area (Å²) < 4.78 is 10.9. The fraction of sp³-hybridized carbons (Fsp3) is 0.250. The van der Waals surface area contributed by atoms with Crippen molar-refractivity contribution in [2.24, 2.45) is 0 Å². The number of amides is 1. The van der Waals surface area contributed by atoms with Crippen LogP contribution in [0, 0.1) is 6.92 Å². The average Bonchev–Trinajstić information content (AvgIpc) is 2.97. The third-order valence-electron chi connectivity index (χ3n) is 4.28. The Morgan fingerprint density at radius 3 is 2.50 bits per heavy atom. The molecule has 0 aliphatic heterocycles. The summed E-state index contributed by atoms with van der Waals surface area (Å²) in [5, 5.41) is 4.04. The molecule has 3 rings (SSSR count). The lowest BCUT2D eigenvalue weighted by Gasteiger charge is -2.17. The highest BCUT2D eigenvalue weighted by atomic mass is 16.5.